The molecular formula is C13H20BrNO. The van der Waals surface area contributed by atoms with Gasteiger partial charge in [-0.1, -0.05) is 35.0 Å². The predicted molar refractivity (Wildman–Crippen MR) is 71.6 cm³/mol. The van der Waals surface area contributed by atoms with Crippen molar-refractivity contribution in [2.75, 3.05) is 20.3 Å². The van der Waals surface area contributed by atoms with Crippen molar-refractivity contribution in [3.05, 3.63) is 34.3 Å². The summed E-state index contributed by atoms with van der Waals surface area (Å²) in [6.07, 6.45) is 1.05. The van der Waals surface area contributed by atoms with Crippen LogP contribution in [0, 0.1) is 5.92 Å². The van der Waals surface area contributed by atoms with Crippen LogP contribution in [-0.2, 0) is 4.74 Å². The number of ether oxygens (including phenoxy) is 1. The SMILES string of the molecule is COCCC(C)C(CN)c1cccc(Br)c1. The zero-order valence-electron chi connectivity index (χ0n) is 9.95. The smallest absolute Gasteiger partial charge is 0.0465 e. The Kier molecular flexibility index (Phi) is 6.03. The van der Waals surface area contributed by atoms with E-state index in [0.29, 0.717) is 18.4 Å². The van der Waals surface area contributed by atoms with E-state index in [0.717, 1.165) is 17.5 Å². The van der Waals surface area contributed by atoms with E-state index in [4.69, 9.17) is 10.5 Å². The molecule has 0 aromatic heterocycles. The molecule has 0 saturated heterocycles. The van der Waals surface area contributed by atoms with Crippen molar-refractivity contribution in [3.63, 3.8) is 0 Å². The Hall–Kier alpha value is -0.380. The van der Waals surface area contributed by atoms with Crippen LogP contribution in [0.4, 0.5) is 0 Å². The molecule has 0 saturated carbocycles. The Balaban J connectivity index is 2.73. The first-order valence-electron chi connectivity index (χ1n) is 5.63. The summed E-state index contributed by atoms with van der Waals surface area (Å²) in [6, 6.07) is 8.40. The molecule has 2 atom stereocenters. The second kappa shape index (κ2) is 7.05. The van der Waals surface area contributed by atoms with E-state index in [1.165, 1.54) is 5.56 Å². The van der Waals surface area contributed by atoms with Gasteiger partial charge < -0.3 is 10.5 Å². The van der Waals surface area contributed by atoms with E-state index < -0.39 is 0 Å². The lowest BCUT2D eigenvalue weighted by atomic mass is 9.85. The fourth-order valence-corrected chi connectivity index (χ4v) is 2.36. The van der Waals surface area contributed by atoms with Crippen LogP contribution in [0.25, 0.3) is 0 Å². The van der Waals surface area contributed by atoms with Crippen molar-refractivity contribution < 1.29 is 4.74 Å². The standard InChI is InChI=1S/C13H20BrNO/c1-10(6-7-16-2)13(9-15)11-4-3-5-12(14)8-11/h3-5,8,10,13H,6-7,9,15H2,1-2H3. The first-order chi connectivity index (χ1) is 7.69. The maximum absolute atomic E-state index is 5.87. The van der Waals surface area contributed by atoms with Gasteiger partial charge in [-0.2, -0.15) is 0 Å². The largest absolute Gasteiger partial charge is 0.385 e. The minimum absolute atomic E-state index is 0.410. The third kappa shape index (κ3) is 3.89. The van der Waals surface area contributed by atoms with Crippen molar-refractivity contribution in [2.45, 2.75) is 19.3 Å². The summed E-state index contributed by atoms with van der Waals surface area (Å²) >= 11 is 3.50. The van der Waals surface area contributed by atoms with Gasteiger partial charge in [-0.25, -0.2) is 0 Å². The van der Waals surface area contributed by atoms with Gasteiger partial charge in [0.25, 0.3) is 0 Å². The Morgan fingerprint density at radius 2 is 2.19 bits per heavy atom. The zero-order valence-corrected chi connectivity index (χ0v) is 11.5. The molecule has 0 heterocycles. The normalized spacial score (nSPS) is 14.8. The average molecular weight is 286 g/mol. The second-order valence-corrected chi connectivity index (χ2v) is 5.07. The van der Waals surface area contributed by atoms with Crippen LogP contribution in [0.5, 0.6) is 0 Å². The highest BCUT2D eigenvalue weighted by atomic mass is 79.9. The second-order valence-electron chi connectivity index (χ2n) is 4.16. The van der Waals surface area contributed by atoms with Gasteiger partial charge in [0.2, 0.25) is 0 Å². The van der Waals surface area contributed by atoms with Crippen LogP contribution < -0.4 is 5.73 Å². The number of hydrogen-bond acceptors (Lipinski definition) is 2. The van der Waals surface area contributed by atoms with Crippen molar-refractivity contribution in [1.82, 2.24) is 0 Å². The van der Waals surface area contributed by atoms with Gasteiger partial charge in [0.15, 0.2) is 0 Å². The minimum atomic E-state index is 0.410. The predicted octanol–water partition coefficient (Wildman–Crippen LogP) is 3.16. The van der Waals surface area contributed by atoms with Crippen LogP contribution in [0.1, 0.15) is 24.8 Å². The first kappa shape index (κ1) is 13.7. The van der Waals surface area contributed by atoms with Crippen LogP contribution in [0.15, 0.2) is 28.7 Å². The number of rotatable bonds is 6. The van der Waals surface area contributed by atoms with Crippen molar-refractivity contribution in [1.29, 1.82) is 0 Å². The highest BCUT2D eigenvalue weighted by molar-refractivity contribution is 9.10. The highest BCUT2D eigenvalue weighted by Gasteiger charge is 2.17. The summed E-state index contributed by atoms with van der Waals surface area (Å²) in [5, 5.41) is 0. The maximum atomic E-state index is 5.87. The summed E-state index contributed by atoms with van der Waals surface area (Å²) in [7, 11) is 1.74. The molecule has 0 amide bonds. The third-order valence-corrected chi connectivity index (χ3v) is 3.49. The molecule has 1 aromatic carbocycles. The lowest BCUT2D eigenvalue weighted by molar-refractivity contribution is 0.174. The number of hydrogen-bond donors (Lipinski definition) is 1. The molecule has 2 unspecified atom stereocenters. The number of methoxy groups -OCH3 is 1. The maximum Gasteiger partial charge on any atom is 0.0465 e. The van der Waals surface area contributed by atoms with Gasteiger partial charge in [0, 0.05) is 18.2 Å². The van der Waals surface area contributed by atoms with Gasteiger partial charge in [-0.05, 0) is 42.5 Å². The molecule has 0 fully saturated rings. The lowest BCUT2D eigenvalue weighted by Gasteiger charge is -2.23. The fraction of sp³-hybridized carbons (Fsp3) is 0.538. The Morgan fingerprint density at radius 1 is 1.44 bits per heavy atom. The molecule has 0 bridgehead atoms. The molecule has 3 heteroatoms. The molecule has 1 rings (SSSR count). The van der Waals surface area contributed by atoms with Crippen molar-refractivity contribution in [2.24, 2.45) is 11.7 Å². The van der Waals surface area contributed by atoms with E-state index in [-0.39, 0.29) is 0 Å². The van der Waals surface area contributed by atoms with E-state index in [9.17, 15) is 0 Å². The summed E-state index contributed by atoms with van der Waals surface area (Å²) < 4.78 is 6.23. The first-order valence-corrected chi connectivity index (χ1v) is 6.42. The topological polar surface area (TPSA) is 35.2 Å². The van der Waals surface area contributed by atoms with Crippen molar-refractivity contribution >= 4 is 15.9 Å². The van der Waals surface area contributed by atoms with Gasteiger partial charge in [-0.3, -0.25) is 0 Å². The molecule has 1 aromatic rings. The molecule has 2 N–H and O–H groups in total. The third-order valence-electron chi connectivity index (χ3n) is 2.99. The molecule has 0 spiro atoms. The van der Waals surface area contributed by atoms with Crippen molar-refractivity contribution in [3.8, 4) is 0 Å². The van der Waals surface area contributed by atoms with E-state index >= 15 is 0 Å². The molecule has 16 heavy (non-hydrogen) atoms. The highest BCUT2D eigenvalue weighted by Crippen LogP contribution is 2.27. The summed E-state index contributed by atoms with van der Waals surface area (Å²) in [5.74, 6) is 0.951. The van der Waals surface area contributed by atoms with Gasteiger partial charge in [0.1, 0.15) is 0 Å². The van der Waals surface area contributed by atoms with Crippen LogP contribution in [0.2, 0.25) is 0 Å². The van der Waals surface area contributed by atoms with Crippen LogP contribution >= 0.6 is 15.9 Å². The average Bonchev–Trinajstić information content (AvgIpc) is 2.27. The molecule has 90 valence electrons. The Labute approximate surface area is 106 Å². The Bertz CT molecular complexity index is 317. The molecule has 0 aliphatic rings. The molecule has 0 aliphatic heterocycles. The van der Waals surface area contributed by atoms with E-state index in [2.05, 4.69) is 41.1 Å². The zero-order chi connectivity index (χ0) is 12.0. The Morgan fingerprint density at radius 3 is 2.75 bits per heavy atom. The summed E-state index contributed by atoms with van der Waals surface area (Å²) in [4.78, 5) is 0. The fourth-order valence-electron chi connectivity index (χ4n) is 1.94. The van der Waals surface area contributed by atoms with Gasteiger partial charge >= 0.3 is 0 Å². The molecule has 2 nitrogen and oxygen atoms in total. The molecule has 0 radical (unpaired) electrons. The number of benzene rings is 1. The quantitative estimate of drug-likeness (QED) is 0.871. The summed E-state index contributed by atoms with van der Waals surface area (Å²) in [6.45, 7) is 3.71. The van der Waals surface area contributed by atoms with E-state index in [1.807, 2.05) is 6.07 Å². The monoisotopic (exact) mass is 285 g/mol. The van der Waals surface area contributed by atoms with Gasteiger partial charge in [0.05, 0.1) is 0 Å². The number of halogens is 1. The summed E-state index contributed by atoms with van der Waals surface area (Å²) in [5.41, 5.74) is 7.18. The molecular weight excluding hydrogens is 266 g/mol. The van der Waals surface area contributed by atoms with Crippen LogP contribution in [-0.4, -0.2) is 20.3 Å². The minimum Gasteiger partial charge on any atom is -0.385 e. The lowest BCUT2D eigenvalue weighted by Crippen LogP contribution is -2.20. The van der Waals surface area contributed by atoms with Crippen LogP contribution in [0.3, 0.4) is 0 Å². The van der Waals surface area contributed by atoms with Gasteiger partial charge in [-0.15, -0.1) is 0 Å². The molecule has 0 aliphatic carbocycles. The van der Waals surface area contributed by atoms with E-state index in [1.54, 1.807) is 7.11 Å². The number of nitrogens with two attached hydrogens (primary N) is 1.